The van der Waals surface area contributed by atoms with E-state index in [1.54, 1.807) is 11.0 Å². The summed E-state index contributed by atoms with van der Waals surface area (Å²) in [4.78, 5) is 40.6. The van der Waals surface area contributed by atoms with E-state index in [2.05, 4.69) is 5.32 Å². The van der Waals surface area contributed by atoms with Gasteiger partial charge in [0.1, 0.15) is 11.7 Å². The lowest BCUT2D eigenvalue weighted by molar-refractivity contribution is -0.127. The van der Waals surface area contributed by atoms with Gasteiger partial charge < -0.3 is 19.7 Å². The summed E-state index contributed by atoms with van der Waals surface area (Å²) >= 11 is 0. The predicted octanol–water partition coefficient (Wildman–Crippen LogP) is 1.10. The Morgan fingerprint density at radius 1 is 1.35 bits per heavy atom. The minimum absolute atomic E-state index is 0.0854. The Hall–Kier alpha value is -2.31. The van der Waals surface area contributed by atoms with Crippen molar-refractivity contribution in [1.29, 1.82) is 0 Å². The first-order chi connectivity index (χ1) is 12.5. The molecule has 3 amide bonds. The fourth-order valence-electron chi connectivity index (χ4n) is 3.71. The molecule has 0 radical (unpaired) electrons. The second-order valence-electron chi connectivity index (χ2n) is 7.54. The molecule has 1 aromatic rings. The number of hydrogen-bond acceptors (Lipinski definition) is 3. The van der Waals surface area contributed by atoms with Crippen LogP contribution < -0.4 is 5.32 Å². The number of carbonyl (C=O) groups is 3. The van der Waals surface area contributed by atoms with E-state index in [1.807, 2.05) is 35.6 Å². The SMILES string of the molecule is CC(C)CN1C(=O)c2cccn2CC1C(=O)NCCCN1CCCC1=O. The van der Waals surface area contributed by atoms with Crippen LogP contribution in [0.15, 0.2) is 18.3 Å². The van der Waals surface area contributed by atoms with Gasteiger partial charge in [0.05, 0.1) is 6.54 Å². The lowest BCUT2D eigenvalue weighted by Gasteiger charge is -2.36. The van der Waals surface area contributed by atoms with Crippen LogP contribution in [0.4, 0.5) is 0 Å². The number of carbonyl (C=O) groups excluding carboxylic acids is 3. The predicted molar refractivity (Wildman–Crippen MR) is 97.5 cm³/mol. The Morgan fingerprint density at radius 3 is 2.85 bits per heavy atom. The van der Waals surface area contributed by atoms with Gasteiger partial charge in [0.2, 0.25) is 11.8 Å². The van der Waals surface area contributed by atoms with E-state index in [4.69, 9.17) is 0 Å². The Labute approximate surface area is 154 Å². The number of nitrogens with one attached hydrogen (secondary N) is 1. The third-order valence-electron chi connectivity index (χ3n) is 5.00. The molecule has 0 spiro atoms. The highest BCUT2D eigenvalue weighted by atomic mass is 16.2. The van der Waals surface area contributed by atoms with Crippen LogP contribution in [0.3, 0.4) is 0 Å². The highest BCUT2D eigenvalue weighted by Crippen LogP contribution is 2.20. The maximum Gasteiger partial charge on any atom is 0.271 e. The molecule has 1 atom stereocenters. The summed E-state index contributed by atoms with van der Waals surface area (Å²) in [7, 11) is 0. The van der Waals surface area contributed by atoms with Gasteiger partial charge >= 0.3 is 0 Å². The Kier molecular flexibility index (Phi) is 5.64. The molecule has 1 fully saturated rings. The van der Waals surface area contributed by atoms with Crippen LogP contribution in [0.5, 0.6) is 0 Å². The van der Waals surface area contributed by atoms with Gasteiger partial charge in [0.25, 0.3) is 5.91 Å². The van der Waals surface area contributed by atoms with Crippen molar-refractivity contribution in [3.63, 3.8) is 0 Å². The normalized spacial score (nSPS) is 20.0. The number of hydrogen-bond donors (Lipinski definition) is 1. The van der Waals surface area contributed by atoms with Crippen molar-refractivity contribution in [2.24, 2.45) is 5.92 Å². The molecule has 7 heteroatoms. The molecule has 7 nitrogen and oxygen atoms in total. The van der Waals surface area contributed by atoms with Crippen LogP contribution in [0.2, 0.25) is 0 Å². The van der Waals surface area contributed by atoms with Gasteiger partial charge in [-0.1, -0.05) is 13.8 Å². The third kappa shape index (κ3) is 3.92. The van der Waals surface area contributed by atoms with Crippen molar-refractivity contribution in [3.8, 4) is 0 Å². The monoisotopic (exact) mass is 360 g/mol. The number of rotatable bonds is 7. The molecular weight excluding hydrogens is 332 g/mol. The molecule has 0 saturated carbocycles. The van der Waals surface area contributed by atoms with Crippen LogP contribution in [0.1, 0.15) is 43.6 Å². The van der Waals surface area contributed by atoms with Gasteiger partial charge in [-0.2, -0.15) is 0 Å². The summed E-state index contributed by atoms with van der Waals surface area (Å²) in [5, 5.41) is 2.95. The first-order valence-electron chi connectivity index (χ1n) is 9.49. The maximum atomic E-state index is 12.7. The molecule has 0 aromatic carbocycles. The number of likely N-dealkylation sites (tertiary alicyclic amines) is 1. The zero-order valence-corrected chi connectivity index (χ0v) is 15.6. The molecule has 3 rings (SSSR count). The molecule has 1 saturated heterocycles. The topological polar surface area (TPSA) is 74.7 Å². The third-order valence-corrected chi connectivity index (χ3v) is 5.00. The Morgan fingerprint density at radius 2 is 2.15 bits per heavy atom. The van der Waals surface area contributed by atoms with Crippen molar-refractivity contribution < 1.29 is 14.4 Å². The minimum Gasteiger partial charge on any atom is -0.354 e. The van der Waals surface area contributed by atoms with Crippen LogP contribution in [-0.2, 0) is 16.1 Å². The molecule has 0 aliphatic carbocycles. The highest BCUT2D eigenvalue weighted by molar-refractivity contribution is 5.97. The lowest BCUT2D eigenvalue weighted by Crippen LogP contribution is -2.56. The van der Waals surface area contributed by atoms with Crippen LogP contribution in [-0.4, -0.2) is 64.3 Å². The number of nitrogens with zero attached hydrogens (tertiary/aromatic N) is 3. The fourth-order valence-corrected chi connectivity index (χ4v) is 3.71. The molecule has 1 N–H and O–H groups in total. The largest absolute Gasteiger partial charge is 0.354 e. The first kappa shape index (κ1) is 18.5. The van der Waals surface area contributed by atoms with Crippen molar-refractivity contribution >= 4 is 17.7 Å². The van der Waals surface area contributed by atoms with E-state index in [9.17, 15) is 14.4 Å². The van der Waals surface area contributed by atoms with E-state index in [0.29, 0.717) is 38.3 Å². The summed E-state index contributed by atoms with van der Waals surface area (Å²) in [6.45, 7) is 7.15. The van der Waals surface area contributed by atoms with Crippen LogP contribution in [0, 0.1) is 5.92 Å². The lowest BCUT2D eigenvalue weighted by atomic mass is 10.1. The maximum absolute atomic E-state index is 12.7. The van der Waals surface area contributed by atoms with Gasteiger partial charge in [-0.25, -0.2) is 0 Å². The molecule has 1 unspecified atom stereocenters. The number of fused-ring (bicyclic) bond motifs is 1. The van der Waals surface area contributed by atoms with Gasteiger partial charge in [-0.3, -0.25) is 14.4 Å². The van der Waals surface area contributed by atoms with Crippen molar-refractivity contribution in [2.45, 2.75) is 45.7 Å². The summed E-state index contributed by atoms with van der Waals surface area (Å²) in [6.07, 6.45) is 4.15. The zero-order chi connectivity index (χ0) is 18.7. The van der Waals surface area contributed by atoms with Gasteiger partial charge in [-0.15, -0.1) is 0 Å². The molecule has 3 heterocycles. The van der Waals surface area contributed by atoms with E-state index < -0.39 is 6.04 Å². The number of amides is 3. The molecule has 2 aliphatic heterocycles. The second-order valence-corrected chi connectivity index (χ2v) is 7.54. The van der Waals surface area contributed by atoms with Gasteiger partial charge in [-0.05, 0) is 30.9 Å². The molecule has 26 heavy (non-hydrogen) atoms. The average molecular weight is 360 g/mol. The van der Waals surface area contributed by atoms with E-state index in [-0.39, 0.29) is 23.6 Å². The summed E-state index contributed by atoms with van der Waals surface area (Å²) in [5.41, 5.74) is 0.641. The van der Waals surface area contributed by atoms with Crippen molar-refractivity contribution in [2.75, 3.05) is 26.2 Å². The Bertz CT molecular complexity index is 682. The van der Waals surface area contributed by atoms with Crippen LogP contribution >= 0.6 is 0 Å². The quantitative estimate of drug-likeness (QED) is 0.740. The van der Waals surface area contributed by atoms with Gasteiger partial charge in [0, 0.05) is 38.8 Å². The summed E-state index contributed by atoms with van der Waals surface area (Å²) < 4.78 is 1.85. The highest BCUT2D eigenvalue weighted by Gasteiger charge is 2.36. The van der Waals surface area contributed by atoms with Gasteiger partial charge in [0.15, 0.2) is 0 Å². The van der Waals surface area contributed by atoms with Crippen molar-refractivity contribution in [3.05, 3.63) is 24.0 Å². The smallest absolute Gasteiger partial charge is 0.271 e. The summed E-state index contributed by atoms with van der Waals surface area (Å²) in [5.74, 6) is 0.290. The molecule has 0 bridgehead atoms. The standard InChI is InChI=1S/C19H28N4O3/c1-14(2)12-23-16(13-22-10-3-6-15(22)19(23)26)18(25)20-8-5-11-21-9-4-7-17(21)24/h3,6,10,14,16H,4-5,7-9,11-13H2,1-2H3,(H,20,25). The van der Waals surface area contributed by atoms with Crippen LogP contribution in [0.25, 0.3) is 0 Å². The zero-order valence-electron chi connectivity index (χ0n) is 15.6. The second kappa shape index (κ2) is 7.93. The number of aromatic nitrogens is 1. The average Bonchev–Trinajstić information content (AvgIpc) is 3.22. The molecule has 1 aromatic heterocycles. The molecule has 2 aliphatic rings. The Balaban J connectivity index is 1.57. The van der Waals surface area contributed by atoms with E-state index >= 15 is 0 Å². The van der Waals surface area contributed by atoms with E-state index in [0.717, 1.165) is 19.4 Å². The van der Waals surface area contributed by atoms with E-state index in [1.165, 1.54) is 0 Å². The minimum atomic E-state index is -0.488. The fraction of sp³-hybridized carbons (Fsp3) is 0.632. The first-order valence-corrected chi connectivity index (χ1v) is 9.49. The molecule has 142 valence electrons. The molecular formula is C19H28N4O3. The van der Waals surface area contributed by atoms with Crippen molar-refractivity contribution in [1.82, 2.24) is 19.7 Å². The summed E-state index contributed by atoms with van der Waals surface area (Å²) in [6, 6.07) is 3.16.